The van der Waals surface area contributed by atoms with Gasteiger partial charge >= 0.3 is 5.97 Å². The van der Waals surface area contributed by atoms with Crippen molar-refractivity contribution in [2.45, 2.75) is 123 Å². The molecule has 4 rings (SSSR count). The molecule has 1 N–H and O–H groups in total. The summed E-state index contributed by atoms with van der Waals surface area (Å²) in [6.45, 7) is 17.1. The third-order valence-corrected chi connectivity index (χ3v) is 12.9. The number of ether oxygens (including phenoxy) is 7. The van der Waals surface area contributed by atoms with Crippen molar-refractivity contribution in [3.63, 3.8) is 0 Å². The number of aliphatic hydroxyl groups is 1. The van der Waals surface area contributed by atoms with Crippen LogP contribution in [0.4, 0.5) is 0 Å². The van der Waals surface area contributed by atoms with Crippen LogP contribution in [0, 0.1) is 40.4 Å². The minimum absolute atomic E-state index is 0.0178. The van der Waals surface area contributed by atoms with Gasteiger partial charge in [0.25, 0.3) is 0 Å². The molecule has 0 aromatic rings. The molecule has 4 aliphatic carbocycles. The number of carbonyl (C=O) groups is 1. The SMILES string of the molecule is COCCOCCOCCOCCOCCOCCC(=O)O[C@H]1CC[C@@]2(C)C(=CC[C@H]3[C@@H]4CC[C@H]([C@H](C)CCCC(C)(C)O)[C@@]4(C)CC[C@@H]32)C1. The largest absolute Gasteiger partial charge is 0.462 e. The second-order valence-electron chi connectivity index (χ2n) is 16.8. The smallest absolute Gasteiger partial charge is 0.308 e. The van der Waals surface area contributed by atoms with E-state index >= 15 is 0 Å². The van der Waals surface area contributed by atoms with Crippen molar-refractivity contribution < 1.29 is 43.1 Å². The first kappa shape index (κ1) is 41.7. The number of esters is 1. The highest BCUT2D eigenvalue weighted by molar-refractivity contribution is 5.69. The van der Waals surface area contributed by atoms with Gasteiger partial charge in [0.2, 0.25) is 0 Å². The molecule has 0 aromatic carbocycles. The van der Waals surface area contributed by atoms with E-state index in [1.54, 1.807) is 12.7 Å². The van der Waals surface area contributed by atoms with Crippen LogP contribution in [0.1, 0.15) is 112 Å². The minimum Gasteiger partial charge on any atom is -0.462 e. The lowest BCUT2D eigenvalue weighted by atomic mass is 9.47. The topological polar surface area (TPSA) is 102 Å². The molecule has 0 bridgehead atoms. The van der Waals surface area contributed by atoms with E-state index < -0.39 is 5.60 Å². The number of hydrogen-bond acceptors (Lipinski definition) is 9. The summed E-state index contributed by atoms with van der Waals surface area (Å²) in [7, 11) is 1.65. The molecule has 0 heterocycles. The average Bonchev–Trinajstić information content (AvgIpc) is 3.43. The van der Waals surface area contributed by atoms with E-state index in [2.05, 4.69) is 26.8 Å². The summed E-state index contributed by atoms with van der Waals surface area (Å²) in [5, 5.41) is 10.2. The fourth-order valence-corrected chi connectivity index (χ4v) is 10.3. The van der Waals surface area contributed by atoms with Gasteiger partial charge in [0, 0.05) is 13.5 Å². The van der Waals surface area contributed by atoms with Gasteiger partial charge in [-0.15, -0.1) is 0 Å². The van der Waals surface area contributed by atoms with Gasteiger partial charge in [0.1, 0.15) is 6.10 Å². The monoisotopic (exact) mass is 709 g/mol. The maximum absolute atomic E-state index is 12.7. The zero-order valence-corrected chi connectivity index (χ0v) is 32.5. The summed E-state index contributed by atoms with van der Waals surface area (Å²) in [5.41, 5.74) is 1.68. The summed E-state index contributed by atoms with van der Waals surface area (Å²) < 4.78 is 38.4. The van der Waals surface area contributed by atoms with Gasteiger partial charge in [-0.1, -0.05) is 45.3 Å². The zero-order chi connectivity index (χ0) is 36.0. The van der Waals surface area contributed by atoms with Gasteiger partial charge < -0.3 is 38.3 Å². The minimum atomic E-state index is -0.557. The normalized spacial score (nSPS) is 31.4. The van der Waals surface area contributed by atoms with Crippen molar-refractivity contribution in [1.82, 2.24) is 0 Å². The standard InChI is InChI=1S/C41H72O9/c1-31(8-7-16-39(2,3)43)35-11-12-36-34-10-9-32-30-33(13-17-40(32,4)37(34)14-18-41(35,36)5)50-38(42)15-19-45-22-23-47-26-27-49-29-28-48-25-24-46-21-20-44-6/h9,31,33-37,43H,7-8,10-30H2,1-6H3/t31-,33+,34+,35-,36+,37+,40+,41-/m1/s1. The first-order valence-electron chi connectivity index (χ1n) is 20.0. The molecule has 0 spiro atoms. The lowest BCUT2D eigenvalue weighted by Crippen LogP contribution is -2.51. The van der Waals surface area contributed by atoms with Gasteiger partial charge in [-0.3, -0.25) is 4.79 Å². The first-order chi connectivity index (χ1) is 24.0. The summed E-state index contributed by atoms with van der Waals surface area (Å²) in [6, 6.07) is 0. The maximum atomic E-state index is 12.7. The Bertz CT molecular complexity index is 1030. The van der Waals surface area contributed by atoms with Crippen molar-refractivity contribution in [2.24, 2.45) is 40.4 Å². The van der Waals surface area contributed by atoms with Crippen molar-refractivity contribution in [3.05, 3.63) is 11.6 Å². The van der Waals surface area contributed by atoms with Gasteiger partial charge in [-0.2, -0.15) is 0 Å². The molecule has 50 heavy (non-hydrogen) atoms. The molecular weight excluding hydrogens is 636 g/mol. The van der Waals surface area contributed by atoms with E-state index in [1.165, 1.54) is 38.5 Å². The number of fused-ring (bicyclic) bond motifs is 5. The van der Waals surface area contributed by atoms with Crippen LogP contribution in [0.2, 0.25) is 0 Å². The van der Waals surface area contributed by atoms with E-state index in [9.17, 15) is 9.90 Å². The van der Waals surface area contributed by atoms with Gasteiger partial charge in [-0.25, -0.2) is 0 Å². The summed E-state index contributed by atoms with van der Waals surface area (Å²) >= 11 is 0. The average molecular weight is 709 g/mol. The number of carbonyl (C=O) groups excluding carboxylic acids is 1. The highest BCUT2D eigenvalue weighted by Gasteiger charge is 2.59. The molecular formula is C41H72O9. The van der Waals surface area contributed by atoms with Gasteiger partial charge in [0.15, 0.2) is 0 Å². The van der Waals surface area contributed by atoms with Crippen LogP contribution in [0.5, 0.6) is 0 Å². The van der Waals surface area contributed by atoms with Crippen LogP contribution in [-0.2, 0) is 38.0 Å². The highest BCUT2D eigenvalue weighted by Crippen LogP contribution is 2.67. The van der Waals surface area contributed by atoms with Crippen molar-refractivity contribution in [2.75, 3.05) is 79.8 Å². The van der Waals surface area contributed by atoms with Crippen molar-refractivity contribution in [3.8, 4) is 0 Å². The second kappa shape index (κ2) is 20.4. The summed E-state index contributed by atoms with van der Waals surface area (Å²) in [6.07, 6.45) is 15.7. The molecule has 290 valence electrons. The van der Waals surface area contributed by atoms with E-state index in [-0.39, 0.29) is 23.9 Å². The van der Waals surface area contributed by atoms with E-state index in [0.29, 0.717) is 78.1 Å². The van der Waals surface area contributed by atoms with Crippen LogP contribution in [0.3, 0.4) is 0 Å². The van der Waals surface area contributed by atoms with E-state index in [1.807, 2.05) is 13.8 Å². The summed E-state index contributed by atoms with van der Waals surface area (Å²) in [4.78, 5) is 12.7. The van der Waals surface area contributed by atoms with Gasteiger partial charge in [-0.05, 0) is 106 Å². The van der Waals surface area contributed by atoms with Crippen LogP contribution in [-0.4, -0.2) is 103 Å². The predicted octanol–water partition coefficient (Wildman–Crippen LogP) is 7.17. The predicted molar refractivity (Wildman–Crippen MR) is 195 cm³/mol. The van der Waals surface area contributed by atoms with Crippen LogP contribution < -0.4 is 0 Å². The molecule has 3 fully saturated rings. The van der Waals surface area contributed by atoms with Crippen LogP contribution in [0.25, 0.3) is 0 Å². The van der Waals surface area contributed by atoms with E-state index in [4.69, 9.17) is 33.2 Å². The highest BCUT2D eigenvalue weighted by atomic mass is 16.6. The molecule has 0 saturated heterocycles. The molecule has 8 atom stereocenters. The third-order valence-electron chi connectivity index (χ3n) is 12.9. The lowest BCUT2D eigenvalue weighted by Gasteiger charge is -2.58. The molecule has 9 nitrogen and oxygen atoms in total. The fraction of sp³-hybridized carbons (Fsp3) is 0.927. The molecule has 0 radical (unpaired) electrons. The first-order valence-corrected chi connectivity index (χ1v) is 20.0. The fourth-order valence-electron chi connectivity index (χ4n) is 10.3. The number of methoxy groups -OCH3 is 1. The van der Waals surface area contributed by atoms with Crippen molar-refractivity contribution >= 4 is 5.97 Å². The summed E-state index contributed by atoms with van der Waals surface area (Å²) in [5.74, 6) is 3.72. The van der Waals surface area contributed by atoms with E-state index in [0.717, 1.165) is 61.7 Å². The Hall–Kier alpha value is -1.07. The molecule has 0 amide bonds. The van der Waals surface area contributed by atoms with Crippen molar-refractivity contribution in [1.29, 1.82) is 0 Å². The number of allylic oxidation sites excluding steroid dienone is 1. The number of hydrogen-bond donors (Lipinski definition) is 1. The Morgan fingerprint density at radius 1 is 0.840 bits per heavy atom. The Morgan fingerprint density at radius 2 is 1.44 bits per heavy atom. The zero-order valence-electron chi connectivity index (χ0n) is 32.5. The molecule has 0 aliphatic heterocycles. The van der Waals surface area contributed by atoms with Crippen LogP contribution >= 0.6 is 0 Å². The Morgan fingerprint density at radius 3 is 2.04 bits per heavy atom. The molecule has 4 aliphatic rings. The quantitative estimate of drug-likeness (QED) is 0.0635. The Kier molecular flexibility index (Phi) is 17.0. The number of rotatable bonds is 24. The molecule has 3 saturated carbocycles. The third kappa shape index (κ3) is 12.0. The maximum Gasteiger partial charge on any atom is 0.308 e. The molecule has 0 aromatic heterocycles. The Labute approximate surface area is 303 Å². The second-order valence-corrected chi connectivity index (χ2v) is 16.8. The lowest BCUT2D eigenvalue weighted by molar-refractivity contribution is -0.152. The Balaban J connectivity index is 1.07. The van der Waals surface area contributed by atoms with Crippen LogP contribution in [0.15, 0.2) is 11.6 Å². The molecule has 0 unspecified atom stereocenters. The van der Waals surface area contributed by atoms with Gasteiger partial charge in [0.05, 0.1) is 84.7 Å². The molecule has 9 heteroatoms.